The van der Waals surface area contributed by atoms with Gasteiger partial charge < -0.3 is 14.2 Å². The summed E-state index contributed by atoms with van der Waals surface area (Å²) in [5.41, 5.74) is 4.66. The number of ether oxygens (including phenoxy) is 1. The molecule has 0 aliphatic carbocycles. The molecule has 0 N–H and O–H groups in total. The monoisotopic (exact) mass is 597 g/mol. The van der Waals surface area contributed by atoms with E-state index in [2.05, 4.69) is 35.2 Å². The predicted molar refractivity (Wildman–Crippen MR) is 159 cm³/mol. The van der Waals surface area contributed by atoms with E-state index in [1.54, 1.807) is 25.1 Å². The molecule has 1 aliphatic rings. The van der Waals surface area contributed by atoms with Crippen molar-refractivity contribution in [2.45, 2.75) is 26.6 Å². The van der Waals surface area contributed by atoms with E-state index in [0.717, 1.165) is 11.1 Å². The van der Waals surface area contributed by atoms with Crippen LogP contribution in [-0.4, -0.2) is 53.6 Å². The molecule has 6 nitrogen and oxygen atoms in total. The van der Waals surface area contributed by atoms with Crippen LogP contribution in [0.25, 0.3) is 11.3 Å². The molecular weight excluding hydrogens is 569 g/mol. The van der Waals surface area contributed by atoms with E-state index in [0.29, 0.717) is 77.0 Å². The summed E-state index contributed by atoms with van der Waals surface area (Å²) in [7, 11) is 0. The Morgan fingerprint density at radius 1 is 0.950 bits per heavy atom. The summed E-state index contributed by atoms with van der Waals surface area (Å²) in [4.78, 5) is 17.8. The standard InChI is InChI=1S/C31H30Cl3N3O3/c1-20-5-3-6-22(17-20)19-39-27(23-9-11-24(32)12-10-23)18-36-13-15-37(16-14-36)31(38)28-21(2)40-35-30(28)29-25(33)7-4-8-26(29)34/h3-12,17,27H,13-16,18-19H2,1-2H3. The van der Waals surface area contributed by atoms with Crippen molar-refractivity contribution in [1.82, 2.24) is 15.0 Å². The minimum absolute atomic E-state index is 0.144. The Morgan fingerprint density at radius 3 is 2.30 bits per heavy atom. The zero-order chi connectivity index (χ0) is 28.2. The molecule has 0 saturated carbocycles. The van der Waals surface area contributed by atoms with Crippen LogP contribution in [0.1, 0.15) is 38.9 Å². The third-order valence-corrected chi connectivity index (χ3v) is 8.02. The number of piperazine rings is 1. The zero-order valence-electron chi connectivity index (χ0n) is 22.4. The number of benzene rings is 3. The summed E-state index contributed by atoms with van der Waals surface area (Å²) < 4.78 is 11.9. The molecule has 1 atom stereocenters. The molecule has 4 aromatic rings. The quantitative estimate of drug-likeness (QED) is 0.209. The van der Waals surface area contributed by atoms with Gasteiger partial charge in [0.05, 0.1) is 22.8 Å². The van der Waals surface area contributed by atoms with Crippen LogP contribution in [0.5, 0.6) is 0 Å². The Morgan fingerprint density at radius 2 is 1.62 bits per heavy atom. The summed E-state index contributed by atoms with van der Waals surface area (Å²) in [5, 5.41) is 5.66. The normalized spacial score (nSPS) is 14.9. The first-order valence-electron chi connectivity index (χ1n) is 13.1. The highest BCUT2D eigenvalue weighted by molar-refractivity contribution is 6.39. The molecule has 0 spiro atoms. The fourth-order valence-corrected chi connectivity index (χ4v) is 5.68. The molecule has 208 valence electrons. The number of hydrogen-bond acceptors (Lipinski definition) is 5. The molecule has 5 rings (SSSR count). The molecule has 1 aromatic heterocycles. The second-order valence-electron chi connectivity index (χ2n) is 9.99. The van der Waals surface area contributed by atoms with Gasteiger partial charge in [0.15, 0.2) is 0 Å². The van der Waals surface area contributed by atoms with E-state index in [1.807, 2.05) is 35.2 Å². The number of nitrogens with zero attached hydrogens (tertiary/aromatic N) is 3. The van der Waals surface area contributed by atoms with Gasteiger partial charge >= 0.3 is 0 Å². The first kappa shape index (κ1) is 28.7. The third-order valence-electron chi connectivity index (χ3n) is 7.14. The van der Waals surface area contributed by atoms with E-state index in [9.17, 15) is 4.79 Å². The van der Waals surface area contributed by atoms with Crippen LogP contribution < -0.4 is 0 Å². The van der Waals surface area contributed by atoms with Crippen molar-refractivity contribution >= 4 is 40.7 Å². The van der Waals surface area contributed by atoms with Gasteiger partial charge in [0.25, 0.3) is 5.91 Å². The molecule has 1 unspecified atom stereocenters. The number of carbonyl (C=O) groups excluding carboxylic acids is 1. The molecule has 9 heteroatoms. The fourth-order valence-electron chi connectivity index (χ4n) is 4.98. The van der Waals surface area contributed by atoms with Crippen LogP contribution in [-0.2, 0) is 11.3 Å². The van der Waals surface area contributed by atoms with Crippen molar-refractivity contribution in [3.63, 3.8) is 0 Å². The molecular formula is C31H30Cl3N3O3. The van der Waals surface area contributed by atoms with E-state index >= 15 is 0 Å². The van der Waals surface area contributed by atoms with Gasteiger partial charge in [-0.2, -0.15) is 0 Å². The van der Waals surface area contributed by atoms with Crippen LogP contribution >= 0.6 is 34.8 Å². The first-order chi connectivity index (χ1) is 19.3. The predicted octanol–water partition coefficient (Wildman–Crippen LogP) is 7.63. The van der Waals surface area contributed by atoms with E-state index < -0.39 is 0 Å². The molecule has 0 radical (unpaired) electrons. The van der Waals surface area contributed by atoms with Crippen LogP contribution in [0.15, 0.2) is 71.3 Å². The van der Waals surface area contributed by atoms with Gasteiger partial charge in [0.2, 0.25) is 0 Å². The number of hydrogen-bond donors (Lipinski definition) is 0. The minimum atomic E-state index is -0.144. The number of amides is 1. The van der Waals surface area contributed by atoms with E-state index in [-0.39, 0.29) is 12.0 Å². The average Bonchev–Trinajstić information content (AvgIpc) is 3.32. The smallest absolute Gasteiger partial charge is 0.259 e. The van der Waals surface area contributed by atoms with Gasteiger partial charge in [-0.3, -0.25) is 9.69 Å². The Bertz CT molecular complexity index is 1460. The van der Waals surface area contributed by atoms with Crippen LogP contribution in [0.3, 0.4) is 0 Å². The van der Waals surface area contributed by atoms with Gasteiger partial charge in [-0.15, -0.1) is 0 Å². The molecule has 2 heterocycles. The SMILES string of the molecule is Cc1cccc(COC(CN2CCN(C(=O)c3c(-c4c(Cl)cccc4Cl)noc3C)CC2)c2ccc(Cl)cc2)c1. The number of aromatic nitrogens is 1. The van der Waals surface area contributed by atoms with Crippen LogP contribution in [0.4, 0.5) is 0 Å². The molecule has 3 aromatic carbocycles. The average molecular weight is 599 g/mol. The van der Waals surface area contributed by atoms with E-state index in [4.69, 9.17) is 44.1 Å². The number of carbonyl (C=O) groups is 1. The summed E-state index contributed by atoms with van der Waals surface area (Å²) >= 11 is 19.0. The van der Waals surface area contributed by atoms with E-state index in [1.165, 1.54) is 5.56 Å². The highest BCUT2D eigenvalue weighted by Crippen LogP contribution is 2.37. The molecule has 1 saturated heterocycles. The molecule has 40 heavy (non-hydrogen) atoms. The van der Waals surface area contributed by atoms with Crippen LogP contribution in [0, 0.1) is 13.8 Å². The Labute approximate surface area is 249 Å². The lowest BCUT2D eigenvalue weighted by Gasteiger charge is -2.36. The second-order valence-corrected chi connectivity index (χ2v) is 11.2. The fraction of sp³-hybridized carbons (Fsp3) is 0.290. The van der Waals surface area contributed by atoms with Crippen molar-refractivity contribution in [2.24, 2.45) is 0 Å². The lowest BCUT2D eigenvalue weighted by molar-refractivity contribution is 0.00340. The Hall–Kier alpha value is -2.87. The van der Waals surface area contributed by atoms with Crippen molar-refractivity contribution in [1.29, 1.82) is 0 Å². The van der Waals surface area contributed by atoms with Gasteiger partial charge in [-0.05, 0) is 49.2 Å². The van der Waals surface area contributed by atoms with Gasteiger partial charge in [0.1, 0.15) is 17.0 Å². The number of halogens is 3. The van der Waals surface area contributed by atoms with Crippen molar-refractivity contribution in [3.8, 4) is 11.3 Å². The molecule has 1 aliphatic heterocycles. The van der Waals surface area contributed by atoms with Gasteiger partial charge in [-0.1, -0.05) is 88.0 Å². The lowest BCUT2D eigenvalue weighted by atomic mass is 10.0. The topological polar surface area (TPSA) is 58.8 Å². The summed E-state index contributed by atoms with van der Waals surface area (Å²) in [6, 6.07) is 21.3. The Kier molecular flexibility index (Phi) is 9.13. The Balaban J connectivity index is 1.27. The first-order valence-corrected chi connectivity index (χ1v) is 14.3. The zero-order valence-corrected chi connectivity index (χ0v) is 24.6. The van der Waals surface area contributed by atoms with Crippen LogP contribution in [0.2, 0.25) is 15.1 Å². The van der Waals surface area contributed by atoms with Crippen molar-refractivity contribution in [2.75, 3.05) is 32.7 Å². The molecule has 0 bridgehead atoms. The van der Waals surface area contributed by atoms with Crippen molar-refractivity contribution < 1.29 is 14.1 Å². The maximum absolute atomic E-state index is 13.7. The summed E-state index contributed by atoms with van der Waals surface area (Å²) in [5.74, 6) is 0.292. The minimum Gasteiger partial charge on any atom is -0.368 e. The lowest BCUT2D eigenvalue weighted by Crippen LogP contribution is -2.49. The highest BCUT2D eigenvalue weighted by Gasteiger charge is 2.31. The van der Waals surface area contributed by atoms with Gasteiger partial charge in [0, 0.05) is 43.3 Å². The number of rotatable bonds is 8. The maximum Gasteiger partial charge on any atom is 0.259 e. The molecule has 1 fully saturated rings. The third kappa shape index (κ3) is 6.54. The van der Waals surface area contributed by atoms with Crippen molar-refractivity contribution in [3.05, 3.63) is 110 Å². The largest absolute Gasteiger partial charge is 0.368 e. The second kappa shape index (κ2) is 12.8. The summed E-state index contributed by atoms with van der Waals surface area (Å²) in [6.45, 7) is 7.54. The molecule has 1 amide bonds. The number of aryl methyl sites for hydroxylation is 2. The maximum atomic E-state index is 13.7. The highest BCUT2D eigenvalue weighted by atomic mass is 35.5. The summed E-state index contributed by atoms with van der Waals surface area (Å²) in [6.07, 6.45) is -0.144. The van der Waals surface area contributed by atoms with Gasteiger partial charge in [-0.25, -0.2) is 0 Å².